The number of nitrogens with zero attached hydrogens (tertiary/aromatic N) is 6. The summed E-state index contributed by atoms with van der Waals surface area (Å²) >= 11 is 0. The summed E-state index contributed by atoms with van der Waals surface area (Å²) < 4.78 is 7.76. The molecule has 2 aromatic rings. The number of aromatic nitrogens is 5. The van der Waals surface area contributed by atoms with Crippen LogP contribution in [0.2, 0.25) is 0 Å². The number of rotatable bonds is 7. The third-order valence-electron chi connectivity index (χ3n) is 5.23. The lowest BCUT2D eigenvalue weighted by atomic mass is 10.1. The number of ether oxygens (including phenoxy) is 1. The zero-order chi connectivity index (χ0) is 21.6. The first-order valence-corrected chi connectivity index (χ1v) is 9.76. The van der Waals surface area contributed by atoms with Crippen LogP contribution in [0.4, 0.5) is 5.82 Å². The van der Waals surface area contributed by atoms with Crippen molar-refractivity contribution in [1.29, 1.82) is 0 Å². The molecule has 1 aliphatic carbocycles. The highest BCUT2D eigenvalue weighted by atomic mass is 16.6. The summed E-state index contributed by atoms with van der Waals surface area (Å²) in [6.07, 6.45) is -3.27. The summed E-state index contributed by atoms with van der Waals surface area (Å²) in [5, 5.41) is 44.4. The lowest BCUT2D eigenvalue weighted by Gasteiger charge is -2.15. The molecule has 4 atom stereocenters. The van der Waals surface area contributed by atoms with Gasteiger partial charge in [-0.2, -0.15) is 9.78 Å². The Kier molecular flexibility index (Phi) is 5.55. The van der Waals surface area contributed by atoms with Crippen molar-refractivity contribution in [2.75, 3.05) is 32.6 Å². The molecule has 3 heterocycles. The van der Waals surface area contributed by atoms with E-state index in [9.17, 15) is 24.9 Å². The number of fused-ring (bicyclic) bond motifs is 1. The van der Waals surface area contributed by atoms with Crippen molar-refractivity contribution in [3.05, 3.63) is 10.4 Å². The van der Waals surface area contributed by atoms with Crippen molar-refractivity contribution >= 4 is 22.8 Å². The molecular formula is C17H25N7O6. The van der Waals surface area contributed by atoms with Crippen LogP contribution in [0, 0.1) is 0 Å². The fraction of sp³-hybridized carbons (Fsp3) is 0.706. The molecule has 4 N–H and O–H groups in total. The smallest absolute Gasteiger partial charge is 0.298 e. The first-order chi connectivity index (χ1) is 14.3. The summed E-state index contributed by atoms with van der Waals surface area (Å²) in [6.45, 7) is 0.0269. The van der Waals surface area contributed by atoms with Gasteiger partial charge in [0.15, 0.2) is 23.1 Å². The van der Waals surface area contributed by atoms with E-state index in [0.717, 1.165) is 17.5 Å². The molecule has 4 unspecified atom stereocenters. The number of hydrogen-bond acceptors (Lipinski definition) is 10. The molecule has 1 saturated heterocycles. The molecule has 0 spiro atoms. The highest BCUT2D eigenvalue weighted by Gasteiger charge is 2.45. The van der Waals surface area contributed by atoms with Crippen LogP contribution in [0.5, 0.6) is 0 Å². The maximum absolute atomic E-state index is 13.2. The van der Waals surface area contributed by atoms with Crippen molar-refractivity contribution < 1.29 is 24.9 Å². The third-order valence-corrected chi connectivity index (χ3v) is 5.23. The fourth-order valence-corrected chi connectivity index (χ4v) is 3.40. The molecule has 1 amide bonds. The van der Waals surface area contributed by atoms with Crippen molar-refractivity contribution in [1.82, 2.24) is 29.7 Å². The Bertz CT molecular complexity index is 1000. The number of hydrogen-bond donors (Lipinski definition) is 4. The number of aliphatic hydroxyl groups is 3. The van der Waals surface area contributed by atoms with Crippen LogP contribution in [0.25, 0.3) is 11.0 Å². The average Bonchev–Trinajstić information content (AvgIpc) is 3.44. The number of aliphatic hydroxyl groups excluding tert-OH is 3. The molecule has 1 saturated carbocycles. The molecule has 30 heavy (non-hydrogen) atoms. The van der Waals surface area contributed by atoms with E-state index in [2.05, 4.69) is 20.7 Å². The number of carbonyl (C=O) groups excluding carboxylic acids is 1. The van der Waals surface area contributed by atoms with Gasteiger partial charge in [-0.1, -0.05) is 5.21 Å². The highest BCUT2D eigenvalue weighted by molar-refractivity contribution is 5.97. The zero-order valence-electron chi connectivity index (χ0n) is 16.7. The van der Waals surface area contributed by atoms with Crippen molar-refractivity contribution in [2.24, 2.45) is 0 Å². The van der Waals surface area contributed by atoms with Gasteiger partial charge >= 0.3 is 0 Å². The van der Waals surface area contributed by atoms with Crippen LogP contribution in [0.1, 0.15) is 31.5 Å². The lowest BCUT2D eigenvalue weighted by molar-refractivity contribution is -0.116. The molecule has 164 valence electrons. The van der Waals surface area contributed by atoms with Gasteiger partial charge < -0.3 is 30.3 Å². The van der Waals surface area contributed by atoms with Crippen LogP contribution in [-0.2, 0) is 9.53 Å². The summed E-state index contributed by atoms with van der Waals surface area (Å²) in [6, 6.07) is 0.00970. The number of carbonyl (C=O) groups is 1. The molecule has 0 aromatic carbocycles. The second-order valence-corrected chi connectivity index (χ2v) is 7.89. The largest absolute Gasteiger partial charge is 0.394 e. The Morgan fingerprint density at radius 2 is 2.00 bits per heavy atom. The topological polar surface area (TPSA) is 168 Å². The van der Waals surface area contributed by atoms with E-state index < -0.39 is 36.7 Å². The Morgan fingerprint density at radius 1 is 1.27 bits per heavy atom. The van der Waals surface area contributed by atoms with Gasteiger partial charge in [0.25, 0.3) is 5.56 Å². The van der Waals surface area contributed by atoms with Crippen molar-refractivity contribution in [3.8, 4) is 0 Å². The third kappa shape index (κ3) is 3.70. The van der Waals surface area contributed by atoms with E-state index >= 15 is 0 Å². The maximum Gasteiger partial charge on any atom is 0.298 e. The van der Waals surface area contributed by atoms with E-state index in [1.807, 2.05) is 19.0 Å². The quantitative estimate of drug-likeness (QED) is 0.384. The molecule has 4 rings (SSSR count). The second kappa shape index (κ2) is 8.00. The predicted molar refractivity (Wildman–Crippen MR) is 103 cm³/mol. The van der Waals surface area contributed by atoms with E-state index in [1.54, 1.807) is 0 Å². The SMILES string of the molecule is CN(C)CCC(=O)Nc1nn(C2CC2)c2c(=O)n(C3OC(CO)C(O)C3O)nnc12. The molecule has 13 heteroatoms. The standard InChI is InChI=1S/C17H25N7O6/c1-22(2)6-5-10(26)18-15-11-12(23(20-15)8-3-4-8)16(29)24(21-19-11)17-14(28)13(27)9(7-25)30-17/h8-9,13-14,17,25,27-28H,3-7H2,1-2H3,(H,18,20,26). The molecule has 13 nitrogen and oxygen atoms in total. The molecule has 0 radical (unpaired) electrons. The molecule has 2 aromatic heterocycles. The minimum atomic E-state index is -1.46. The van der Waals surface area contributed by atoms with Crippen LogP contribution < -0.4 is 10.9 Å². The molecule has 1 aliphatic heterocycles. The molecule has 2 aliphatic rings. The van der Waals surface area contributed by atoms with Crippen molar-refractivity contribution in [2.45, 2.75) is 49.8 Å². The lowest BCUT2D eigenvalue weighted by Crippen LogP contribution is -2.37. The van der Waals surface area contributed by atoms with E-state index in [-0.39, 0.29) is 35.2 Å². The van der Waals surface area contributed by atoms with Gasteiger partial charge in [-0.05, 0) is 26.9 Å². The summed E-state index contributed by atoms with van der Waals surface area (Å²) in [4.78, 5) is 27.3. The van der Waals surface area contributed by atoms with Gasteiger partial charge in [0, 0.05) is 13.0 Å². The number of anilines is 1. The van der Waals surface area contributed by atoms with Crippen molar-refractivity contribution in [3.63, 3.8) is 0 Å². The first kappa shape index (κ1) is 20.8. The first-order valence-electron chi connectivity index (χ1n) is 9.76. The molecule has 2 fully saturated rings. The Morgan fingerprint density at radius 3 is 2.60 bits per heavy atom. The highest BCUT2D eigenvalue weighted by Crippen LogP contribution is 2.37. The van der Waals surface area contributed by atoms with Gasteiger partial charge in [-0.3, -0.25) is 14.3 Å². The monoisotopic (exact) mass is 423 g/mol. The van der Waals surface area contributed by atoms with E-state index in [1.165, 1.54) is 4.68 Å². The summed E-state index contributed by atoms with van der Waals surface area (Å²) in [7, 11) is 3.71. The second-order valence-electron chi connectivity index (χ2n) is 7.89. The van der Waals surface area contributed by atoms with Crippen LogP contribution in [0.3, 0.4) is 0 Å². The zero-order valence-corrected chi connectivity index (χ0v) is 16.7. The summed E-state index contributed by atoms with van der Waals surface area (Å²) in [5.74, 6) is -0.112. The van der Waals surface area contributed by atoms with Crippen LogP contribution in [0.15, 0.2) is 4.79 Å². The number of amides is 1. The minimum Gasteiger partial charge on any atom is -0.394 e. The van der Waals surface area contributed by atoms with Crippen LogP contribution in [-0.4, -0.2) is 96.5 Å². The normalized spacial score (nSPS) is 26.6. The Labute approximate surface area is 170 Å². The predicted octanol–water partition coefficient (Wildman–Crippen LogP) is -2.18. The van der Waals surface area contributed by atoms with E-state index in [4.69, 9.17) is 4.74 Å². The maximum atomic E-state index is 13.2. The molecular weight excluding hydrogens is 398 g/mol. The van der Waals surface area contributed by atoms with Gasteiger partial charge in [-0.15, -0.1) is 5.10 Å². The van der Waals surface area contributed by atoms with E-state index in [0.29, 0.717) is 6.54 Å². The van der Waals surface area contributed by atoms with Gasteiger partial charge in [0.2, 0.25) is 5.91 Å². The van der Waals surface area contributed by atoms with Gasteiger partial charge in [0.05, 0.1) is 12.6 Å². The average molecular weight is 423 g/mol. The number of nitrogens with one attached hydrogen (secondary N) is 1. The minimum absolute atomic E-state index is 0.00970. The Hall–Kier alpha value is -2.45. The molecule has 0 bridgehead atoms. The fourth-order valence-electron chi connectivity index (χ4n) is 3.40. The Balaban J connectivity index is 1.70. The van der Waals surface area contributed by atoms with Gasteiger partial charge in [-0.25, -0.2) is 0 Å². The van der Waals surface area contributed by atoms with Gasteiger partial charge in [0.1, 0.15) is 18.3 Å². The van der Waals surface area contributed by atoms with Crippen LogP contribution >= 0.6 is 0 Å². The summed E-state index contributed by atoms with van der Waals surface area (Å²) in [5.41, 5.74) is -0.343.